The summed E-state index contributed by atoms with van der Waals surface area (Å²) in [5, 5.41) is 0. The topological polar surface area (TPSA) is 27.7 Å². The summed E-state index contributed by atoms with van der Waals surface area (Å²) < 4.78 is 16.6. The molecule has 0 radical (unpaired) electrons. The maximum absolute atomic E-state index is 5.72. The van der Waals surface area contributed by atoms with Crippen LogP contribution in [0.1, 0.15) is 13.8 Å². The average molecular weight is 318 g/mol. The van der Waals surface area contributed by atoms with Gasteiger partial charge in [0.2, 0.25) is 0 Å². The van der Waals surface area contributed by atoms with Crippen molar-refractivity contribution in [2.75, 3.05) is 19.8 Å². The van der Waals surface area contributed by atoms with Crippen molar-refractivity contribution in [3.63, 3.8) is 0 Å². The van der Waals surface area contributed by atoms with Gasteiger partial charge in [-0.25, -0.2) is 0 Å². The SMILES string of the molecule is CCOC(COc1ccc(Sc2ccccc2)cc1)OCC. The average Bonchev–Trinajstić information content (AvgIpc) is 2.55. The summed E-state index contributed by atoms with van der Waals surface area (Å²) in [4.78, 5) is 2.41. The van der Waals surface area contributed by atoms with Gasteiger partial charge in [-0.3, -0.25) is 0 Å². The van der Waals surface area contributed by atoms with Crippen LogP contribution in [0, 0.1) is 0 Å². The van der Waals surface area contributed by atoms with Crippen LogP contribution in [-0.2, 0) is 9.47 Å². The van der Waals surface area contributed by atoms with Gasteiger partial charge in [-0.1, -0.05) is 30.0 Å². The molecule has 2 aromatic carbocycles. The monoisotopic (exact) mass is 318 g/mol. The Morgan fingerprint density at radius 3 is 2.00 bits per heavy atom. The summed E-state index contributed by atoms with van der Waals surface area (Å²) in [6.45, 7) is 5.51. The summed E-state index contributed by atoms with van der Waals surface area (Å²) in [7, 11) is 0. The zero-order valence-electron chi connectivity index (χ0n) is 13.0. The van der Waals surface area contributed by atoms with E-state index in [4.69, 9.17) is 14.2 Å². The number of hydrogen-bond donors (Lipinski definition) is 0. The van der Waals surface area contributed by atoms with Gasteiger partial charge in [-0.2, -0.15) is 0 Å². The molecule has 0 aromatic heterocycles. The standard InChI is InChI=1S/C18H22O3S/c1-3-19-18(20-4-2)14-21-15-10-12-17(13-11-15)22-16-8-6-5-7-9-16/h5-13,18H,3-4,14H2,1-2H3. The fraction of sp³-hybridized carbons (Fsp3) is 0.333. The molecule has 0 saturated heterocycles. The molecule has 0 N–H and O–H groups in total. The van der Waals surface area contributed by atoms with E-state index in [-0.39, 0.29) is 6.29 Å². The highest BCUT2D eigenvalue weighted by Crippen LogP contribution is 2.28. The van der Waals surface area contributed by atoms with E-state index in [0.717, 1.165) is 5.75 Å². The van der Waals surface area contributed by atoms with Crippen LogP contribution in [0.5, 0.6) is 5.75 Å². The van der Waals surface area contributed by atoms with E-state index in [9.17, 15) is 0 Å². The summed E-state index contributed by atoms with van der Waals surface area (Å²) in [6.07, 6.45) is -0.312. The third-order valence-corrected chi connectivity index (χ3v) is 3.91. The lowest BCUT2D eigenvalue weighted by molar-refractivity contribution is -0.152. The van der Waals surface area contributed by atoms with Gasteiger partial charge in [0.1, 0.15) is 12.4 Å². The molecule has 22 heavy (non-hydrogen) atoms. The minimum atomic E-state index is -0.312. The Labute approximate surface area is 136 Å². The molecule has 2 aromatic rings. The van der Waals surface area contributed by atoms with Crippen LogP contribution < -0.4 is 4.74 Å². The second kappa shape index (κ2) is 9.51. The highest BCUT2D eigenvalue weighted by molar-refractivity contribution is 7.99. The van der Waals surface area contributed by atoms with Gasteiger partial charge in [-0.05, 0) is 50.2 Å². The van der Waals surface area contributed by atoms with Crippen LogP contribution in [0.15, 0.2) is 64.4 Å². The Morgan fingerprint density at radius 2 is 1.41 bits per heavy atom. The predicted molar refractivity (Wildman–Crippen MR) is 89.5 cm³/mol. The molecule has 118 valence electrons. The molecule has 2 rings (SSSR count). The van der Waals surface area contributed by atoms with Crippen molar-refractivity contribution in [3.05, 3.63) is 54.6 Å². The summed E-state index contributed by atoms with van der Waals surface area (Å²) in [5.41, 5.74) is 0. The first kappa shape index (κ1) is 16.9. The Hall–Kier alpha value is -1.49. The molecule has 0 unspecified atom stereocenters. The van der Waals surface area contributed by atoms with E-state index in [1.807, 2.05) is 44.2 Å². The highest BCUT2D eigenvalue weighted by atomic mass is 32.2. The molecule has 0 saturated carbocycles. The fourth-order valence-corrected chi connectivity index (χ4v) is 2.75. The van der Waals surface area contributed by atoms with Gasteiger partial charge in [-0.15, -0.1) is 0 Å². The molecule has 0 aliphatic rings. The molecule has 0 bridgehead atoms. The quantitative estimate of drug-likeness (QED) is 0.631. The van der Waals surface area contributed by atoms with Gasteiger partial charge in [0, 0.05) is 23.0 Å². The molecule has 0 aliphatic heterocycles. The molecular formula is C18H22O3S. The van der Waals surface area contributed by atoms with Crippen LogP contribution in [0.2, 0.25) is 0 Å². The van der Waals surface area contributed by atoms with Crippen molar-refractivity contribution in [2.24, 2.45) is 0 Å². The van der Waals surface area contributed by atoms with Gasteiger partial charge >= 0.3 is 0 Å². The lowest BCUT2D eigenvalue weighted by atomic mass is 10.3. The van der Waals surface area contributed by atoms with Gasteiger partial charge < -0.3 is 14.2 Å². The zero-order chi connectivity index (χ0) is 15.6. The van der Waals surface area contributed by atoms with Crippen molar-refractivity contribution in [3.8, 4) is 5.75 Å². The Kier molecular flexibility index (Phi) is 7.30. The van der Waals surface area contributed by atoms with E-state index in [1.165, 1.54) is 9.79 Å². The second-order valence-corrected chi connectivity index (χ2v) is 5.68. The number of ether oxygens (including phenoxy) is 3. The predicted octanol–water partition coefficient (Wildman–Crippen LogP) is 4.62. The Morgan fingerprint density at radius 1 is 0.818 bits per heavy atom. The maximum Gasteiger partial charge on any atom is 0.191 e. The molecule has 0 spiro atoms. The van der Waals surface area contributed by atoms with E-state index >= 15 is 0 Å². The van der Waals surface area contributed by atoms with E-state index in [0.29, 0.717) is 19.8 Å². The fourth-order valence-electron chi connectivity index (χ4n) is 1.91. The first-order valence-electron chi connectivity index (χ1n) is 7.50. The van der Waals surface area contributed by atoms with E-state index in [2.05, 4.69) is 24.3 Å². The van der Waals surface area contributed by atoms with Gasteiger partial charge in [0.05, 0.1) is 0 Å². The van der Waals surface area contributed by atoms with Crippen molar-refractivity contribution in [1.82, 2.24) is 0 Å². The van der Waals surface area contributed by atoms with Gasteiger partial charge in [0.25, 0.3) is 0 Å². The molecule has 4 heteroatoms. The highest BCUT2D eigenvalue weighted by Gasteiger charge is 2.08. The third kappa shape index (κ3) is 5.72. The molecule has 0 heterocycles. The molecule has 3 nitrogen and oxygen atoms in total. The van der Waals surface area contributed by atoms with E-state index < -0.39 is 0 Å². The maximum atomic E-state index is 5.72. The smallest absolute Gasteiger partial charge is 0.191 e. The minimum absolute atomic E-state index is 0.312. The normalized spacial score (nSPS) is 10.9. The molecule has 0 amide bonds. The summed E-state index contributed by atoms with van der Waals surface area (Å²) in [6, 6.07) is 18.4. The molecular weight excluding hydrogens is 296 g/mol. The first-order valence-corrected chi connectivity index (χ1v) is 8.32. The lowest BCUT2D eigenvalue weighted by Crippen LogP contribution is -2.25. The van der Waals surface area contributed by atoms with Crippen molar-refractivity contribution in [1.29, 1.82) is 0 Å². The zero-order valence-corrected chi connectivity index (χ0v) is 13.8. The number of benzene rings is 2. The molecule has 0 atom stereocenters. The van der Waals surface area contributed by atoms with Crippen molar-refractivity contribution >= 4 is 11.8 Å². The van der Waals surface area contributed by atoms with E-state index in [1.54, 1.807) is 11.8 Å². The van der Waals surface area contributed by atoms with Crippen LogP contribution >= 0.6 is 11.8 Å². The second-order valence-electron chi connectivity index (χ2n) is 4.54. The minimum Gasteiger partial charge on any atom is -0.488 e. The van der Waals surface area contributed by atoms with Gasteiger partial charge in [0.15, 0.2) is 6.29 Å². The van der Waals surface area contributed by atoms with Crippen LogP contribution in [0.25, 0.3) is 0 Å². The first-order chi connectivity index (χ1) is 10.8. The number of rotatable bonds is 9. The largest absolute Gasteiger partial charge is 0.488 e. The summed E-state index contributed by atoms with van der Waals surface area (Å²) in [5.74, 6) is 0.821. The van der Waals surface area contributed by atoms with Crippen LogP contribution in [0.4, 0.5) is 0 Å². The molecule has 0 aliphatic carbocycles. The Balaban J connectivity index is 1.86. The summed E-state index contributed by atoms with van der Waals surface area (Å²) >= 11 is 1.73. The molecule has 0 fully saturated rings. The van der Waals surface area contributed by atoms with Crippen molar-refractivity contribution in [2.45, 2.75) is 29.9 Å². The lowest BCUT2D eigenvalue weighted by Gasteiger charge is -2.17. The van der Waals surface area contributed by atoms with Crippen molar-refractivity contribution < 1.29 is 14.2 Å². The van der Waals surface area contributed by atoms with Crippen LogP contribution in [0.3, 0.4) is 0 Å². The number of hydrogen-bond acceptors (Lipinski definition) is 4. The Bertz CT molecular complexity index is 522. The third-order valence-electron chi connectivity index (χ3n) is 2.89. The van der Waals surface area contributed by atoms with Crippen LogP contribution in [-0.4, -0.2) is 26.1 Å².